The van der Waals surface area contributed by atoms with E-state index < -0.39 is 0 Å². The summed E-state index contributed by atoms with van der Waals surface area (Å²) < 4.78 is 22.2. The van der Waals surface area contributed by atoms with Crippen molar-refractivity contribution in [2.75, 3.05) is 59.3 Å². The number of nitrogen functional groups attached to an aromatic ring is 1. The first kappa shape index (κ1) is 51.1. The number of nitrogens with two attached hydrogens (primary N) is 1. The van der Waals surface area contributed by atoms with Gasteiger partial charge in [0.25, 0.3) is 0 Å². The quantitative estimate of drug-likeness (QED) is 0.0480. The Hall–Kier alpha value is -5.93. The highest BCUT2D eigenvalue weighted by atomic mass is 16.5. The predicted octanol–water partition coefficient (Wildman–Crippen LogP) is 7.97. The van der Waals surface area contributed by atoms with Crippen LogP contribution in [0, 0.1) is 0 Å². The molecule has 14 nitrogen and oxygen atoms in total. The molecule has 0 radical (unpaired) electrons. The molecule has 66 heavy (non-hydrogen) atoms. The third-order valence-corrected chi connectivity index (χ3v) is 11.7. The van der Waals surface area contributed by atoms with Crippen molar-refractivity contribution in [1.29, 1.82) is 0 Å². The molecule has 0 spiro atoms. The summed E-state index contributed by atoms with van der Waals surface area (Å²) in [6.45, 7) is 6.37. The summed E-state index contributed by atoms with van der Waals surface area (Å²) in [7, 11) is 2.90. The Morgan fingerprint density at radius 2 is 1.18 bits per heavy atom. The van der Waals surface area contributed by atoms with Gasteiger partial charge in [-0.1, -0.05) is 60.7 Å². The van der Waals surface area contributed by atoms with E-state index in [1.807, 2.05) is 72.8 Å². The van der Waals surface area contributed by atoms with Gasteiger partial charge in [0.15, 0.2) is 11.9 Å². The smallest absolute Gasteiger partial charge is 0.327 e. The maximum atomic E-state index is 12.4. The number of carbonyl (C=O) groups is 4. The van der Waals surface area contributed by atoms with E-state index in [4.69, 9.17) is 24.7 Å². The lowest BCUT2D eigenvalue weighted by molar-refractivity contribution is -0.149. The molecule has 3 aromatic heterocycles. The van der Waals surface area contributed by atoms with Crippen LogP contribution in [0.5, 0.6) is 0 Å². The number of piperidine rings is 2. The number of methoxy groups -OCH3 is 2. The number of fused-ring (bicyclic) bond motifs is 1. The van der Waals surface area contributed by atoms with Gasteiger partial charge in [0.05, 0.1) is 32.0 Å². The molecule has 2 fully saturated rings. The zero-order valence-corrected chi connectivity index (χ0v) is 38.7. The van der Waals surface area contributed by atoms with Crippen molar-refractivity contribution in [1.82, 2.24) is 24.8 Å². The second-order valence-electron chi connectivity index (χ2n) is 16.4. The van der Waals surface area contributed by atoms with Gasteiger partial charge in [-0.15, -0.1) is 0 Å². The van der Waals surface area contributed by atoms with E-state index >= 15 is 0 Å². The maximum absolute atomic E-state index is 12.4. The molecule has 2 unspecified atom stereocenters. The molecular weight excluding hydrogens is 837 g/mol. The number of rotatable bonds is 19. The van der Waals surface area contributed by atoms with Gasteiger partial charge in [0.2, 0.25) is 0 Å². The minimum Gasteiger partial charge on any atom is -0.468 e. The van der Waals surface area contributed by atoms with Crippen molar-refractivity contribution in [3.63, 3.8) is 0 Å². The minimum absolute atomic E-state index is 0.201. The first-order valence-corrected chi connectivity index (χ1v) is 23.0. The highest BCUT2D eigenvalue weighted by molar-refractivity contribution is 5.81. The van der Waals surface area contributed by atoms with Gasteiger partial charge >= 0.3 is 11.9 Å². The summed E-state index contributed by atoms with van der Waals surface area (Å²) in [6, 6.07) is 30.4. The molecule has 0 bridgehead atoms. The average Bonchev–Trinajstić information content (AvgIpc) is 3.35. The van der Waals surface area contributed by atoms with Crippen LogP contribution in [0.4, 0.5) is 5.82 Å². The number of pyridine rings is 3. The number of esters is 2. The lowest BCUT2D eigenvalue weighted by Gasteiger charge is -2.36. The first-order valence-electron chi connectivity index (χ1n) is 23.0. The molecular formula is C52H66N6O8. The molecule has 0 amide bonds. The summed E-state index contributed by atoms with van der Waals surface area (Å²) in [4.78, 5) is 62.8. The summed E-state index contributed by atoms with van der Waals surface area (Å²) in [5, 5.41) is 1.08. The molecule has 0 aliphatic carbocycles. The number of benzene rings is 2. The average molecular weight is 903 g/mol. The molecule has 2 N–H and O–H groups in total. The lowest BCUT2D eigenvalue weighted by Crippen LogP contribution is -2.42. The number of hydrogen-bond acceptors (Lipinski definition) is 14. The molecule has 5 aromatic rings. The third-order valence-electron chi connectivity index (χ3n) is 11.7. The monoisotopic (exact) mass is 902 g/mol. The number of ketones is 1. The molecule has 2 aliphatic heterocycles. The SMILES string of the molecule is COC(=O)C(c1ccccc1)N1CCC(OCCCCC(C)=O)CC1.COC(=O)C(c1ccccc1)N1CCC(OCCCCc2ccc3cccnc3n2)CC1.Nc1ncccc1C=O. The second-order valence-corrected chi connectivity index (χ2v) is 16.4. The van der Waals surface area contributed by atoms with E-state index in [1.54, 1.807) is 31.5 Å². The van der Waals surface area contributed by atoms with Crippen molar-refractivity contribution in [2.45, 2.75) is 95.4 Å². The van der Waals surface area contributed by atoms with Crippen LogP contribution in [0.3, 0.4) is 0 Å². The Morgan fingerprint density at radius 1 is 0.667 bits per heavy atom. The third kappa shape index (κ3) is 16.5. The largest absolute Gasteiger partial charge is 0.468 e. The van der Waals surface area contributed by atoms with Crippen LogP contribution < -0.4 is 5.73 Å². The molecule has 0 saturated carbocycles. The van der Waals surface area contributed by atoms with E-state index in [1.165, 1.54) is 14.2 Å². The molecule has 2 aliphatic rings. The number of likely N-dealkylation sites (tertiary alicyclic amines) is 2. The van der Waals surface area contributed by atoms with E-state index in [0.29, 0.717) is 24.9 Å². The van der Waals surface area contributed by atoms with Gasteiger partial charge in [-0.05, 0) is 112 Å². The van der Waals surface area contributed by atoms with E-state index in [2.05, 4.69) is 36.9 Å². The van der Waals surface area contributed by atoms with Crippen LogP contribution in [0.1, 0.15) is 104 Å². The Bertz CT molecular complexity index is 2220. The summed E-state index contributed by atoms with van der Waals surface area (Å²) in [5.74, 6) is 0.110. The second kappa shape index (κ2) is 28.2. The number of aromatic nitrogens is 3. The van der Waals surface area contributed by atoms with Crippen LogP contribution in [-0.4, -0.2) is 115 Å². The molecule has 5 heterocycles. The van der Waals surface area contributed by atoms with Crippen molar-refractivity contribution >= 4 is 40.9 Å². The summed E-state index contributed by atoms with van der Waals surface area (Å²) in [6.07, 6.45) is 13.6. The summed E-state index contributed by atoms with van der Waals surface area (Å²) >= 11 is 0. The van der Waals surface area contributed by atoms with Crippen LogP contribution in [-0.2, 0) is 39.8 Å². The molecule has 2 atom stereocenters. The van der Waals surface area contributed by atoms with Crippen molar-refractivity contribution in [3.8, 4) is 0 Å². The highest BCUT2D eigenvalue weighted by Crippen LogP contribution is 2.28. The van der Waals surface area contributed by atoms with Gasteiger partial charge in [-0.2, -0.15) is 0 Å². The number of unbranched alkanes of at least 4 members (excludes halogenated alkanes) is 2. The number of carbonyl (C=O) groups excluding carboxylic acids is 4. The van der Waals surface area contributed by atoms with Crippen molar-refractivity contribution in [2.24, 2.45) is 0 Å². The first-order chi connectivity index (χ1) is 32.2. The Balaban J connectivity index is 0.000000213. The van der Waals surface area contributed by atoms with Crippen molar-refractivity contribution < 1.29 is 38.1 Å². The summed E-state index contributed by atoms with van der Waals surface area (Å²) in [5.41, 5.74) is 9.58. The minimum atomic E-state index is -0.345. The lowest BCUT2D eigenvalue weighted by atomic mass is 10.0. The normalized spacial score (nSPS) is 15.6. The number of ether oxygens (including phenoxy) is 4. The predicted molar refractivity (Wildman–Crippen MR) is 255 cm³/mol. The molecule has 2 aromatic carbocycles. The topological polar surface area (TPSA) is 176 Å². The van der Waals surface area contributed by atoms with Gasteiger partial charge in [-0.25, -0.2) is 24.5 Å². The zero-order valence-electron chi connectivity index (χ0n) is 38.7. The van der Waals surface area contributed by atoms with E-state index in [0.717, 1.165) is 118 Å². The van der Waals surface area contributed by atoms with Crippen LogP contribution in [0.2, 0.25) is 0 Å². The van der Waals surface area contributed by atoms with Crippen LogP contribution in [0.25, 0.3) is 11.0 Å². The molecule has 7 rings (SSSR count). The fraction of sp³-hybridized carbons (Fsp3) is 0.442. The fourth-order valence-electron chi connectivity index (χ4n) is 8.13. The van der Waals surface area contributed by atoms with Crippen LogP contribution >= 0.6 is 0 Å². The highest BCUT2D eigenvalue weighted by Gasteiger charge is 2.33. The van der Waals surface area contributed by atoms with Gasteiger partial charge in [0.1, 0.15) is 23.7 Å². The number of aryl methyl sites for hydroxylation is 1. The maximum Gasteiger partial charge on any atom is 0.327 e. The molecule has 2 saturated heterocycles. The Morgan fingerprint density at radius 3 is 1.67 bits per heavy atom. The van der Waals surface area contributed by atoms with Gasteiger partial charge in [-0.3, -0.25) is 14.6 Å². The standard InChI is InChI=1S/C26H31N3O3.C20H29NO4.C6H6N2O/c1-31-26(30)24(20-8-3-2-4-9-20)29-17-14-23(15-18-29)32-19-6-5-11-22-13-12-21-10-7-16-27-25(21)28-22;1-16(22)8-6-7-15-25-18-11-13-21(14-12-18)19(20(23)24-2)17-9-4-3-5-10-17;7-6-5(4-9)2-1-3-8-6/h2-4,7-10,12-13,16,23-24H,5-6,11,14-15,17-19H2,1H3;3-5,9-10,18-19H,6-8,11-15H2,1-2H3;1-4H,(H2,7,8). The Labute approximate surface area is 389 Å². The molecule has 14 heteroatoms. The Kier molecular flexibility index (Phi) is 21.8. The number of aldehydes is 1. The number of Topliss-reactive ketones (excluding diaryl/α,β-unsaturated/α-hetero) is 1. The van der Waals surface area contributed by atoms with Crippen molar-refractivity contribution in [3.05, 3.63) is 132 Å². The van der Waals surface area contributed by atoms with Gasteiger partial charge < -0.3 is 29.5 Å². The van der Waals surface area contributed by atoms with Gasteiger partial charge in [0, 0.05) is 69.3 Å². The van der Waals surface area contributed by atoms with E-state index in [9.17, 15) is 19.2 Å². The number of hydrogen-bond donors (Lipinski definition) is 1. The van der Waals surface area contributed by atoms with E-state index in [-0.39, 0.29) is 47.8 Å². The number of anilines is 1. The fourth-order valence-corrected chi connectivity index (χ4v) is 8.13. The zero-order chi connectivity index (χ0) is 46.9. The molecule has 352 valence electrons. The number of nitrogens with zero attached hydrogens (tertiary/aromatic N) is 5. The van der Waals surface area contributed by atoms with Crippen LogP contribution in [0.15, 0.2) is 109 Å².